The fourth-order valence-corrected chi connectivity index (χ4v) is 4.37. The van der Waals surface area contributed by atoms with E-state index in [1.807, 2.05) is 0 Å². The van der Waals surface area contributed by atoms with Gasteiger partial charge in [0.05, 0.1) is 4.90 Å². The molecular formula is C15H22N2O4S. The number of nitrogens with zero attached hydrogens (tertiary/aromatic N) is 1. The van der Waals surface area contributed by atoms with Gasteiger partial charge in [0, 0.05) is 19.2 Å². The van der Waals surface area contributed by atoms with E-state index in [4.69, 9.17) is 9.47 Å². The molecule has 22 heavy (non-hydrogen) atoms. The number of nitrogens with one attached hydrogen (secondary N) is 1. The molecule has 0 amide bonds. The van der Waals surface area contributed by atoms with E-state index in [9.17, 15) is 8.42 Å². The highest BCUT2D eigenvalue weighted by molar-refractivity contribution is 7.89. The molecule has 0 radical (unpaired) electrons. The van der Waals surface area contributed by atoms with Crippen LogP contribution in [0, 0.1) is 5.92 Å². The number of sulfonamides is 1. The lowest BCUT2D eigenvalue weighted by Crippen LogP contribution is -2.40. The summed E-state index contributed by atoms with van der Waals surface area (Å²) in [4.78, 5) is 0.280. The van der Waals surface area contributed by atoms with Crippen LogP contribution < -0.4 is 14.8 Å². The minimum absolute atomic E-state index is 0.147. The van der Waals surface area contributed by atoms with E-state index in [-0.39, 0.29) is 11.7 Å². The molecule has 7 heteroatoms. The molecule has 0 aliphatic carbocycles. The topological polar surface area (TPSA) is 67.9 Å². The monoisotopic (exact) mass is 326 g/mol. The van der Waals surface area contributed by atoms with Gasteiger partial charge in [-0.3, -0.25) is 0 Å². The summed E-state index contributed by atoms with van der Waals surface area (Å²) < 4.78 is 37.5. The van der Waals surface area contributed by atoms with E-state index in [0.29, 0.717) is 30.5 Å². The van der Waals surface area contributed by atoms with Crippen molar-refractivity contribution < 1.29 is 17.9 Å². The maximum atomic E-state index is 12.7. The first-order chi connectivity index (χ1) is 10.6. The number of ether oxygens (including phenoxy) is 2. The summed E-state index contributed by atoms with van der Waals surface area (Å²) in [6.07, 6.45) is 1.80. The van der Waals surface area contributed by atoms with Crippen molar-refractivity contribution in [2.45, 2.75) is 24.7 Å². The Labute approximate surface area is 131 Å². The number of fused-ring (bicyclic) bond motifs is 1. The number of hydrogen-bond acceptors (Lipinski definition) is 5. The van der Waals surface area contributed by atoms with Crippen LogP contribution in [-0.4, -0.2) is 45.7 Å². The van der Waals surface area contributed by atoms with Gasteiger partial charge in [0.25, 0.3) is 0 Å². The van der Waals surface area contributed by atoms with Gasteiger partial charge in [0.15, 0.2) is 11.5 Å². The first-order valence-corrected chi connectivity index (χ1v) is 9.16. The van der Waals surface area contributed by atoms with Crippen molar-refractivity contribution in [1.82, 2.24) is 9.62 Å². The SMILES string of the molecule is CCNCC1CCN(S(=O)(=O)c2ccc3c(c2)OCO3)CC1. The van der Waals surface area contributed by atoms with Crippen LogP contribution in [-0.2, 0) is 10.0 Å². The van der Waals surface area contributed by atoms with Gasteiger partial charge in [-0.1, -0.05) is 6.92 Å². The number of hydrogen-bond donors (Lipinski definition) is 1. The Morgan fingerprint density at radius 1 is 1.23 bits per heavy atom. The highest BCUT2D eigenvalue weighted by atomic mass is 32.2. The minimum Gasteiger partial charge on any atom is -0.454 e. The predicted molar refractivity (Wildman–Crippen MR) is 82.6 cm³/mol. The first-order valence-electron chi connectivity index (χ1n) is 7.72. The fraction of sp³-hybridized carbons (Fsp3) is 0.600. The number of piperidine rings is 1. The zero-order valence-corrected chi connectivity index (χ0v) is 13.6. The maximum absolute atomic E-state index is 12.7. The standard InChI is InChI=1S/C15H22N2O4S/c1-2-16-10-12-5-7-17(8-6-12)22(18,19)13-3-4-14-15(9-13)21-11-20-14/h3-4,9,12,16H,2,5-8,10-11H2,1H3. The van der Waals surface area contributed by atoms with Gasteiger partial charge in [0.2, 0.25) is 16.8 Å². The molecule has 0 bridgehead atoms. The van der Waals surface area contributed by atoms with Crippen molar-refractivity contribution in [2.24, 2.45) is 5.92 Å². The van der Waals surface area contributed by atoms with Crippen molar-refractivity contribution in [3.63, 3.8) is 0 Å². The fourth-order valence-electron chi connectivity index (χ4n) is 2.89. The lowest BCUT2D eigenvalue weighted by molar-refractivity contribution is 0.174. The average Bonchev–Trinajstić information content (AvgIpc) is 3.01. The Hall–Kier alpha value is -1.31. The molecule has 1 saturated heterocycles. The normalized spacial score (nSPS) is 19.5. The van der Waals surface area contributed by atoms with Gasteiger partial charge in [-0.05, 0) is 44.0 Å². The van der Waals surface area contributed by atoms with Gasteiger partial charge in [-0.15, -0.1) is 0 Å². The molecule has 1 aromatic carbocycles. The summed E-state index contributed by atoms with van der Waals surface area (Å²) >= 11 is 0. The van der Waals surface area contributed by atoms with Crippen LogP contribution in [0.3, 0.4) is 0 Å². The molecule has 122 valence electrons. The molecule has 1 aromatic rings. The summed E-state index contributed by atoms with van der Waals surface area (Å²) in [5.41, 5.74) is 0. The van der Waals surface area contributed by atoms with E-state index >= 15 is 0 Å². The molecule has 0 saturated carbocycles. The average molecular weight is 326 g/mol. The predicted octanol–water partition coefficient (Wildman–Crippen LogP) is 1.43. The van der Waals surface area contributed by atoms with Crippen molar-refractivity contribution in [3.05, 3.63) is 18.2 Å². The third-order valence-corrected chi connectivity index (χ3v) is 6.13. The van der Waals surface area contributed by atoms with Crippen molar-refractivity contribution in [2.75, 3.05) is 33.0 Å². The second-order valence-corrected chi connectivity index (χ2v) is 7.61. The van der Waals surface area contributed by atoms with Gasteiger partial charge < -0.3 is 14.8 Å². The molecular weight excluding hydrogens is 304 g/mol. The Morgan fingerprint density at radius 3 is 2.68 bits per heavy atom. The molecule has 1 fully saturated rings. The molecule has 0 aromatic heterocycles. The summed E-state index contributed by atoms with van der Waals surface area (Å²) in [6.45, 7) is 5.30. The largest absolute Gasteiger partial charge is 0.454 e. The van der Waals surface area contributed by atoms with Crippen LogP contribution in [0.5, 0.6) is 11.5 Å². The summed E-state index contributed by atoms with van der Waals surface area (Å²) in [5.74, 6) is 1.66. The second kappa shape index (κ2) is 6.44. The van der Waals surface area contributed by atoms with Gasteiger partial charge in [0.1, 0.15) is 0 Å². The van der Waals surface area contributed by atoms with E-state index in [2.05, 4.69) is 12.2 Å². The summed E-state index contributed by atoms with van der Waals surface area (Å²) in [5, 5.41) is 3.33. The molecule has 2 heterocycles. The third-order valence-electron chi connectivity index (χ3n) is 4.24. The van der Waals surface area contributed by atoms with Crippen LogP contribution in [0.15, 0.2) is 23.1 Å². The Bertz CT molecular complexity index is 624. The zero-order valence-electron chi connectivity index (χ0n) is 12.7. The van der Waals surface area contributed by atoms with Crippen LogP contribution in [0.2, 0.25) is 0 Å². The number of benzene rings is 1. The highest BCUT2D eigenvalue weighted by Crippen LogP contribution is 2.35. The van der Waals surface area contributed by atoms with E-state index in [1.54, 1.807) is 22.5 Å². The second-order valence-electron chi connectivity index (χ2n) is 5.67. The molecule has 0 atom stereocenters. The molecule has 6 nitrogen and oxygen atoms in total. The third kappa shape index (κ3) is 3.06. The maximum Gasteiger partial charge on any atom is 0.243 e. The molecule has 1 N–H and O–H groups in total. The lowest BCUT2D eigenvalue weighted by atomic mass is 9.98. The molecule has 2 aliphatic rings. The lowest BCUT2D eigenvalue weighted by Gasteiger charge is -2.31. The van der Waals surface area contributed by atoms with Gasteiger partial charge in [-0.2, -0.15) is 4.31 Å². The van der Waals surface area contributed by atoms with Crippen molar-refractivity contribution in [1.29, 1.82) is 0 Å². The molecule has 0 spiro atoms. The van der Waals surface area contributed by atoms with Gasteiger partial charge in [-0.25, -0.2) is 8.42 Å². The van der Waals surface area contributed by atoms with Crippen molar-refractivity contribution >= 4 is 10.0 Å². The van der Waals surface area contributed by atoms with Crippen molar-refractivity contribution in [3.8, 4) is 11.5 Å². The zero-order chi connectivity index (χ0) is 15.6. The Balaban J connectivity index is 1.69. The van der Waals surface area contributed by atoms with E-state index < -0.39 is 10.0 Å². The minimum atomic E-state index is -3.45. The van der Waals surface area contributed by atoms with Crippen LogP contribution in [0.4, 0.5) is 0 Å². The van der Waals surface area contributed by atoms with Crippen LogP contribution in [0.25, 0.3) is 0 Å². The highest BCUT2D eigenvalue weighted by Gasteiger charge is 2.30. The number of rotatable bonds is 5. The molecule has 0 unspecified atom stereocenters. The van der Waals surface area contributed by atoms with E-state index in [1.165, 1.54) is 0 Å². The summed E-state index contributed by atoms with van der Waals surface area (Å²) in [6, 6.07) is 4.81. The van der Waals surface area contributed by atoms with Gasteiger partial charge >= 0.3 is 0 Å². The van der Waals surface area contributed by atoms with Crippen LogP contribution >= 0.6 is 0 Å². The molecule has 3 rings (SSSR count). The molecule has 2 aliphatic heterocycles. The Morgan fingerprint density at radius 2 is 1.95 bits per heavy atom. The Kier molecular flexibility index (Phi) is 4.56. The van der Waals surface area contributed by atoms with Crippen LogP contribution in [0.1, 0.15) is 19.8 Å². The summed E-state index contributed by atoms with van der Waals surface area (Å²) in [7, 11) is -3.45. The van der Waals surface area contributed by atoms with E-state index in [0.717, 1.165) is 25.9 Å². The quantitative estimate of drug-likeness (QED) is 0.886. The first kappa shape index (κ1) is 15.6. The smallest absolute Gasteiger partial charge is 0.243 e.